The first-order chi connectivity index (χ1) is 13.0. The average molecular weight is 445 g/mol. The zero-order chi connectivity index (χ0) is 19.4. The Balaban J connectivity index is 0.00000210. The molecule has 1 fully saturated rings. The molecule has 0 aromatic carbocycles. The molecule has 0 saturated carbocycles. The van der Waals surface area contributed by atoms with Crippen molar-refractivity contribution in [3.63, 3.8) is 0 Å². The summed E-state index contributed by atoms with van der Waals surface area (Å²) in [5.74, 6) is 0.848. The Labute approximate surface area is 184 Å². The number of amides is 1. The monoisotopic (exact) mass is 444 g/mol. The van der Waals surface area contributed by atoms with Crippen LogP contribution in [0.5, 0.6) is 0 Å². The number of aromatic nitrogens is 3. The van der Waals surface area contributed by atoms with Gasteiger partial charge in [0.1, 0.15) is 11.9 Å². The summed E-state index contributed by atoms with van der Waals surface area (Å²) in [7, 11) is 3.59. The Morgan fingerprint density at radius 3 is 2.45 bits per heavy atom. The van der Waals surface area contributed by atoms with Crippen LogP contribution in [0.25, 0.3) is 0 Å². The molecule has 0 bridgehead atoms. The van der Waals surface area contributed by atoms with E-state index in [0.717, 1.165) is 30.0 Å². The number of carbonyl (C=O) groups is 1. The van der Waals surface area contributed by atoms with Crippen LogP contribution < -0.4 is 15.5 Å². The molecule has 1 aliphatic rings. The van der Waals surface area contributed by atoms with E-state index in [-0.39, 0.29) is 42.9 Å². The normalized spacial score (nSPS) is 19.7. The van der Waals surface area contributed by atoms with Gasteiger partial charge in [-0.25, -0.2) is 4.98 Å². The summed E-state index contributed by atoms with van der Waals surface area (Å²) in [6, 6.07) is 3.58. The summed E-state index contributed by atoms with van der Waals surface area (Å²) in [4.78, 5) is 19.3. The molecule has 1 aliphatic heterocycles. The van der Waals surface area contributed by atoms with Crippen molar-refractivity contribution >= 4 is 36.5 Å². The van der Waals surface area contributed by atoms with Crippen LogP contribution in [0, 0.1) is 0 Å². The molecule has 3 rings (SSSR count). The summed E-state index contributed by atoms with van der Waals surface area (Å²) >= 11 is 0. The Kier molecular flexibility index (Phi) is 9.85. The number of pyridine rings is 1. The molecule has 0 spiro atoms. The second-order valence-corrected chi connectivity index (χ2v) is 7.07. The van der Waals surface area contributed by atoms with Gasteiger partial charge in [0.2, 0.25) is 5.91 Å². The van der Waals surface area contributed by atoms with Gasteiger partial charge >= 0.3 is 0 Å². The number of likely N-dealkylation sites (N-methyl/N-ethyl adjacent to an activating group) is 1. The molecule has 0 aliphatic carbocycles. The van der Waals surface area contributed by atoms with Crippen molar-refractivity contribution in [2.45, 2.75) is 38.6 Å². The molecular weight excluding hydrogens is 415 g/mol. The van der Waals surface area contributed by atoms with Gasteiger partial charge in [-0.3, -0.25) is 9.48 Å². The van der Waals surface area contributed by atoms with E-state index in [9.17, 15) is 4.79 Å². The third-order valence-electron chi connectivity index (χ3n) is 4.63. The largest absolute Gasteiger partial charge is 0.372 e. The molecule has 3 unspecified atom stereocenters. The Morgan fingerprint density at radius 1 is 1.24 bits per heavy atom. The fraction of sp³-hybridized carbons (Fsp3) is 0.526. The number of carbonyl (C=O) groups excluding carboxylic acids is 1. The molecule has 10 heteroatoms. The van der Waals surface area contributed by atoms with Crippen LogP contribution in [0.1, 0.15) is 31.0 Å². The first kappa shape index (κ1) is 25.2. The highest BCUT2D eigenvalue weighted by Gasteiger charge is 2.23. The summed E-state index contributed by atoms with van der Waals surface area (Å²) < 4.78 is 7.45. The smallest absolute Gasteiger partial charge is 0.242 e. The predicted octanol–water partition coefficient (Wildman–Crippen LogP) is 1.85. The Hall–Kier alpha value is -1.87. The molecule has 0 radical (unpaired) electrons. The lowest BCUT2D eigenvalue weighted by Gasteiger charge is -2.36. The number of hydrogen-bond acceptors (Lipinski definition) is 6. The SMILES string of the molecule is CNC(C(=O)NCc1ccc(N2CC(C)OC(C)C2)nc1)c1cnn(C)c1.Cl.Cl. The van der Waals surface area contributed by atoms with Crippen molar-refractivity contribution < 1.29 is 9.53 Å². The average Bonchev–Trinajstić information content (AvgIpc) is 3.06. The van der Waals surface area contributed by atoms with Crippen molar-refractivity contribution in [3.8, 4) is 0 Å². The lowest BCUT2D eigenvalue weighted by Crippen LogP contribution is -2.45. The number of rotatable bonds is 6. The number of halogens is 2. The summed E-state index contributed by atoms with van der Waals surface area (Å²) in [6.07, 6.45) is 5.74. The van der Waals surface area contributed by atoms with Crippen LogP contribution in [-0.2, 0) is 23.1 Å². The minimum absolute atomic E-state index is 0. The lowest BCUT2D eigenvalue weighted by atomic mass is 10.1. The molecular formula is C19H30Cl2N6O2. The molecule has 1 saturated heterocycles. The number of aryl methyl sites for hydroxylation is 1. The van der Waals surface area contributed by atoms with Crippen LogP contribution in [-0.4, -0.2) is 53.0 Å². The number of nitrogens with one attached hydrogen (secondary N) is 2. The van der Waals surface area contributed by atoms with Crippen LogP contribution >= 0.6 is 24.8 Å². The van der Waals surface area contributed by atoms with Gasteiger partial charge in [0.05, 0.1) is 18.4 Å². The maximum Gasteiger partial charge on any atom is 0.242 e. The van der Waals surface area contributed by atoms with E-state index in [4.69, 9.17) is 4.74 Å². The Morgan fingerprint density at radius 2 is 1.93 bits per heavy atom. The van der Waals surface area contributed by atoms with Crippen LogP contribution in [0.3, 0.4) is 0 Å². The van der Waals surface area contributed by atoms with Gasteiger partial charge in [0.15, 0.2) is 0 Å². The molecule has 8 nitrogen and oxygen atoms in total. The highest BCUT2D eigenvalue weighted by atomic mass is 35.5. The van der Waals surface area contributed by atoms with Gasteiger partial charge in [-0.05, 0) is 32.5 Å². The molecule has 162 valence electrons. The third kappa shape index (κ3) is 6.57. The van der Waals surface area contributed by atoms with Crippen LogP contribution in [0.2, 0.25) is 0 Å². The van der Waals surface area contributed by atoms with Gasteiger partial charge < -0.3 is 20.3 Å². The molecule has 1 amide bonds. The van der Waals surface area contributed by atoms with E-state index in [1.165, 1.54) is 0 Å². The van der Waals surface area contributed by atoms with Crippen molar-refractivity contribution in [1.82, 2.24) is 25.4 Å². The van der Waals surface area contributed by atoms with E-state index >= 15 is 0 Å². The van der Waals surface area contributed by atoms with Gasteiger partial charge in [-0.2, -0.15) is 5.10 Å². The predicted molar refractivity (Wildman–Crippen MR) is 118 cm³/mol. The maximum absolute atomic E-state index is 12.5. The number of morpholine rings is 1. The van der Waals surface area contributed by atoms with Crippen molar-refractivity contribution in [3.05, 3.63) is 41.9 Å². The Bertz CT molecular complexity index is 760. The van der Waals surface area contributed by atoms with Gasteiger partial charge in [0, 0.05) is 44.6 Å². The first-order valence-corrected chi connectivity index (χ1v) is 9.25. The second kappa shape index (κ2) is 11.3. The van der Waals surface area contributed by atoms with Gasteiger partial charge in [-0.1, -0.05) is 6.07 Å². The van der Waals surface area contributed by atoms with Crippen molar-refractivity contribution in [1.29, 1.82) is 0 Å². The molecule has 3 heterocycles. The number of ether oxygens (including phenoxy) is 1. The van der Waals surface area contributed by atoms with E-state index < -0.39 is 6.04 Å². The number of nitrogens with zero attached hydrogens (tertiary/aromatic N) is 4. The fourth-order valence-electron chi connectivity index (χ4n) is 3.40. The second-order valence-electron chi connectivity index (χ2n) is 7.07. The first-order valence-electron chi connectivity index (χ1n) is 9.25. The third-order valence-corrected chi connectivity index (χ3v) is 4.63. The minimum atomic E-state index is -0.428. The number of anilines is 1. The summed E-state index contributed by atoms with van der Waals surface area (Å²) in [5, 5.41) is 10.1. The maximum atomic E-state index is 12.5. The molecule has 2 N–H and O–H groups in total. The standard InChI is InChI=1S/C19H28N6O2.2ClH/c1-13-10-25(11-14(2)27-13)17-6-5-15(7-21-17)8-22-19(26)18(20-3)16-9-23-24(4)12-16;;/h5-7,9,12-14,18,20H,8,10-11H2,1-4H3,(H,22,26);2*1H. The lowest BCUT2D eigenvalue weighted by molar-refractivity contribution is -0.123. The minimum Gasteiger partial charge on any atom is -0.372 e. The van der Waals surface area contributed by atoms with Crippen LogP contribution in [0.15, 0.2) is 30.7 Å². The fourth-order valence-corrected chi connectivity index (χ4v) is 3.40. The summed E-state index contributed by atoms with van der Waals surface area (Å²) in [6.45, 7) is 6.26. The van der Waals surface area contributed by atoms with Gasteiger partial charge in [0.25, 0.3) is 0 Å². The molecule has 2 aromatic heterocycles. The van der Waals surface area contributed by atoms with Crippen molar-refractivity contribution in [2.24, 2.45) is 7.05 Å². The molecule has 29 heavy (non-hydrogen) atoms. The zero-order valence-corrected chi connectivity index (χ0v) is 18.8. The zero-order valence-electron chi connectivity index (χ0n) is 17.2. The van der Waals surface area contributed by atoms with E-state index in [1.54, 1.807) is 17.9 Å². The quantitative estimate of drug-likeness (QED) is 0.706. The van der Waals surface area contributed by atoms with E-state index in [2.05, 4.69) is 39.5 Å². The highest BCUT2D eigenvalue weighted by molar-refractivity contribution is 5.85. The topological polar surface area (TPSA) is 84.3 Å². The highest BCUT2D eigenvalue weighted by Crippen LogP contribution is 2.18. The molecule has 2 aromatic rings. The number of hydrogen-bond donors (Lipinski definition) is 2. The van der Waals surface area contributed by atoms with Crippen LogP contribution in [0.4, 0.5) is 5.82 Å². The van der Waals surface area contributed by atoms with Crippen molar-refractivity contribution in [2.75, 3.05) is 25.0 Å². The van der Waals surface area contributed by atoms with Gasteiger partial charge in [-0.15, -0.1) is 24.8 Å². The van der Waals surface area contributed by atoms with E-state index in [0.29, 0.717) is 6.54 Å². The molecule has 3 atom stereocenters. The summed E-state index contributed by atoms with van der Waals surface area (Å²) in [5.41, 5.74) is 1.80. The van der Waals surface area contributed by atoms with E-state index in [1.807, 2.05) is 31.6 Å².